The highest BCUT2D eigenvalue weighted by Crippen LogP contribution is 2.34. The molecule has 1 unspecified atom stereocenters. The van der Waals surface area contributed by atoms with Gasteiger partial charge in [-0.2, -0.15) is 13.2 Å². The fraction of sp³-hybridized carbons (Fsp3) is 0.556. The first-order valence-electron chi connectivity index (χ1n) is 7.32. The molecule has 116 valence electrons. The first-order valence-corrected chi connectivity index (χ1v) is 7.32. The molecule has 0 aliphatic rings. The van der Waals surface area contributed by atoms with Crippen LogP contribution in [0.15, 0.2) is 18.2 Å². The topological polar surface area (TPSA) is 0 Å². The Bertz CT molecular complexity index is 515. The molecule has 0 saturated carbocycles. The molecule has 0 fully saturated rings. The maximum atomic E-state index is 13.0. The minimum Gasteiger partial charge on any atom is -0.166 e. The lowest BCUT2D eigenvalue weighted by atomic mass is 9.92. The fourth-order valence-corrected chi connectivity index (χ4v) is 2.41. The molecule has 3 heteroatoms. The summed E-state index contributed by atoms with van der Waals surface area (Å²) in [6.45, 7) is 7.74. The van der Waals surface area contributed by atoms with Gasteiger partial charge in [0.2, 0.25) is 0 Å². The van der Waals surface area contributed by atoms with Crippen molar-refractivity contribution >= 4 is 0 Å². The molecule has 1 atom stereocenters. The Labute approximate surface area is 125 Å². The predicted octanol–water partition coefficient (Wildman–Crippen LogP) is 5.50. The van der Waals surface area contributed by atoms with Gasteiger partial charge in [0, 0.05) is 6.42 Å². The maximum absolute atomic E-state index is 13.0. The maximum Gasteiger partial charge on any atom is 0.416 e. The van der Waals surface area contributed by atoms with Crippen LogP contribution >= 0.6 is 0 Å². The first-order chi connectivity index (χ1) is 9.74. The second-order valence-corrected chi connectivity index (χ2v) is 6.03. The minimum absolute atomic E-state index is 0.199. The number of halogens is 3. The highest BCUT2D eigenvalue weighted by Gasteiger charge is 2.33. The number of alkyl halides is 3. The van der Waals surface area contributed by atoms with Gasteiger partial charge >= 0.3 is 6.18 Å². The van der Waals surface area contributed by atoms with E-state index in [-0.39, 0.29) is 5.92 Å². The van der Waals surface area contributed by atoms with Crippen molar-refractivity contribution in [3.63, 3.8) is 0 Å². The Kier molecular flexibility index (Phi) is 6.33. The van der Waals surface area contributed by atoms with E-state index >= 15 is 0 Å². The summed E-state index contributed by atoms with van der Waals surface area (Å²) in [5.41, 5.74) is 0.869. The van der Waals surface area contributed by atoms with Crippen LogP contribution in [0.4, 0.5) is 13.2 Å². The second kappa shape index (κ2) is 7.54. The number of rotatable bonds is 5. The monoisotopic (exact) mass is 296 g/mol. The smallest absolute Gasteiger partial charge is 0.166 e. The van der Waals surface area contributed by atoms with Crippen molar-refractivity contribution in [2.45, 2.75) is 53.1 Å². The molecule has 0 bridgehead atoms. The Morgan fingerprint density at radius 2 is 1.76 bits per heavy atom. The highest BCUT2D eigenvalue weighted by atomic mass is 19.4. The van der Waals surface area contributed by atoms with Gasteiger partial charge in [0.25, 0.3) is 0 Å². The van der Waals surface area contributed by atoms with Gasteiger partial charge in [0.15, 0.2) is 0 Å². The van der Waals surface area contributed by atoms with Crippen LogP contribution in [-0.4, -0.2) is 0 Å². The van der Waals surface area contributed by atoms with E-state index in [1.807, 2.05) is 13.8 Å². The molecule has 0 nitrogen and oxygen atoms in total. The Balaban J connectivity index is 3.00. The molecule has 0 N–H and O–H groups in total. The normalized spacial score (nSPS) is 13.0. The lowest BCUT2D eigenvalue weighted by Crippen LogP contribution is -2.12. The third kappa shape index (κ3) is 5.83. The van der Waals surface area contributed by atoms with E-state index in [1.54, 1.807) is 19.1 Å². The molecule has 0 heterocycles. The molecule has 0 radical (unpaired) electrons. The lowest BCUT2D eigenvalue weighted by molar-refractivity contribution is -0.138. The van der Waals surface area contributed by atoms with Crippen LogP contribution in [0.2, 0.25) is 0 Å². The van der Waals surface area contributed by atoms with Gasteiger partial charge in [0.05, 0.1) is 5.56 Å². The molecule has 1 rings (SSSR count). The summed E-state index contributed by atoms with van der Waals surface area (Å²) in [4.78, 5) is 0. The molecule has 1 aromatic rings. The fourth-order valence-electron chi connectivity index (χ4n) is 2.41. The zero-order valence-electron chi connectivity index (χ0n) is 13.1. The van der Waals surface area contributed by atoms with Crippen LogP contribution in [0.1, 0.15) is 50.8 Å². The molecule has 0 aliphatic heterocycles. The van der Waals surface area contributed by atoms with Gasteiger partial charge in [-0.1, -0.05) is 32.9 Å². The van der Waals surface area contributed by atoms with Crippen molar-refractivity contribution in [1.29, 1.82) is 0 Å². The summed E-state index contributed by atoms with van der Waals surface area (Å²) in [6, 6.07) is 4.55. The molecule has 0 aliphatic carbocycles. The van der Waals surface area contributed by atoms with Gasteiger partial charge in [0.1, 0.15) is 0 Å². The average molecular weight is 296 g/mol. The SMILES string of the molecule is CC#CCC(C)Cc1ccc(C(F)(F)F)c(CC(C)C)c1. The standard InChI is InChI=1S/C18H23F3/c1-5-6-7-14(4)11-15-8-9-17(18(19,20)21)16(12-15)10-13(2)3/h8-9,12-14H,7,10-11H2,1-4H3. The lowest BCUT2D eigenvalue weighted by Gasteiger charge is -2.17. The van der Waals surface area contributed by atoms with Crippen molar-refractivity contribution in [3.05, 3.63) is 34.9 Å². The summed E-state index contributed by atoms with van der Waals surface area (Å²) >= 11 is 0. The van der Waals surface area contributed by atoms with Gasteiger partial charge in [-0.3, -0.25) is 0 Å². The summed E-state index contributed by atoms with van der Waals surface area (Å²) in [5, 5.41) is 0. The highest BCUT2D eigenvalue weighted by molar-refractivity contribution is 5.34. The van der Waals surface area contributed by atoms with Crippen LogP contribution in [0.5, 0.6) is 0 Å². The van der Waals surface area contributed by atoms with E-state index < -0.39 is 11.7 Å². The zero-order chi connectivity index (χ0) is 16.0. The molecule has 0 amide bonds. The number of benzene rings is 1. The molecular formula is C18H23F3. The number of hydrogen-bond donors (Lipinski definition) is 0. The molecule has 21 heavy (non-hydrogen) atoms. The van der Waals surface area contributed by atoms with E-state index in [9.17, 15) is 13.2 Å². The summed E-state index contributed by atoms with van der Waals surface area (Å²) in [6.07, 6.45) is -2.29. The van der Waals surface area contributed by atoms with Crippen molar-refractivity contribution < 1.29 is 13.2 Å². The van der Waals surface area contributed by atoms with Crippen LogP contribution in [0.25, 0.3) is 0 Å². The van der Waals surface area contributed by atoms with Crippen molar-refractivity contribution in [2.75, 3.05) is 0 Å². The zero-order valence-corrected chi connectivity index (χ0v) is 13.1. The van der Waals surface area contributed by atoms with Crippen LogP contribution in [0, 0.1) is 23.7 Å². The molecular weight excluding hydrogens is 273 g/mol. The van der Waals surface area contributed by atoms with E-state index in [1.165, 1.54) is 6.07 Å². The van der Waals surface area contributed by atoms with Crippen molar-refractivity contribution in [2.24, 2.45) is 11.8 Å². The van der Waals surface area contributed by atoms with Crippen molar-refractivity contribution in [1.82, 2.24) is 0 Å². The first kappa shape index (κ1) is 17.6. The van der Waals surface area contributed by atoms with E-state index in [4.69, 9.17) is 0 Å². The molecule has 0 aromatic heterocycles. The Morgan fingerprint density at radius 1 is 1.10 bits per heavy atom. The van der Waals surface area contributed by atoms with Crippen LogP contribution < -0.4 is 0 Å². The number of hydrogen-bond acceptors (Lipinski definition) is 0. The van der Waals surface area contributed by atoms with Gasteiger partial charge in [-0.05, 0) is 48.8 Å². The van der Waals surface area contributed by atoms with Gasteiger partial charge in [-0.15, -0.1) is 11.8 Å². The largest absolute Gasteiger partial charge is 0.416 e. The van der Waals surface area contributed by atoms with E-state index in [0.717, 1.165) is 18.4 Å². The third-order valence-corrected chi connectivity index (χ3v) is 3.31. The van der Waals surface area contributed by atoms with Gasteiger partial charge < -0.3 is 0 Å². The van der Waals surface area contributed by atoms with E-state index in [0.29, 0.717) is 17.9 Å². The Hall–Kier alpha value is -1.43. The quantitative estimate of drug-likeness (QED) is 0.630. The summed E-state index contributed by atoms with van der Waals surface area (Å²) in [5.74, 6) is 6.42. The second-order valence-electron chi connectivity index (χ2n) is 6.03. The average Bonchev–Trinajstić information content (AvgIpc) is 2.34. The van der Waals surface area contributed by atoms with Crippen LogP contribution in [-0.2, 0) is 19.0 Å². The van der Waals surface area contributed by atoms with Gasteiger partial charge in [-0.25, -0.2) is 0 Å². The molecule has 1 aromatic carbocycles. The predicted molar refractivity (Wildman–Crippen MR) is 80.9 cm³/mol. The van der Waals surface area contributed by atoms with Crippen LogP contribution in [0.3, 0.4) is 0 Å². The van der Waals surface area contributed by atoms with Crippen molar-refractivity contribution in [3.8, 4) is 11.8 Å². The molecule has 0 saturated heterocycles. The minimum atomic E-state index is -4.28. The summed E-state index contributed by atoms with van der Waals surface area (Å²) in [7, 11) is 0. The van der Waals surface area contributed by atoms with E-state index in [2.05, 4.69) is 18.8 Å². The third-order valence-electron chi connectivity index (χ3n) is 3.31. The Morgan fingerprint density at radius 3 is 2.29 bits per heavy atom. The summed E-state index contributed by atoms with van der Waals surface area (Å²) < 4.78 is 39.1. The molecule has 0 spiro atoms.